The third-order valence-electron chi connectivity index (χ3n) is 17.3. The van der Waals surface area contributed by atoms with Crippen LogP contribution in [0, 0.1) is 41.4 Å². The maximum absolute atomic E-state index is 14.8. The highest BCUT2D eigenvalue weighted by atomic mass is 32.2. The molecule has 0 radical (unpaired) electrons. The fraction of sp³-hybridized carbons (Fsp3) is 0.776. The summed E-state index contributed by atoms with van der Waals surface area (Å²) in [7, 11) is 2.27. The lowest BCUT2D eigenvalue weighted by atomic mass is 9.78. The number of piperidine rings is 1. The minimum Gasteiger partial charge on any atom is -0.460 e. The van der Waals surface area contributed by atoms with Crippen LogP contribution in [-0.2, 0) is 57.8 Å². The summed E-state index contributed by atoms with van der Waals surface area (Å²) in [4.78, 5) is 74.2. The van der Waals surface area contributed by atoms with Crippen molar-refractivity contribution < 1.29 is 71.0 Å². The van der Waals surface area contributed by atoms with Crippen molar-refractivity contribution in [2.24, 2.45) is 41.4 Å². The van der Waals surface area contributed by atoms with Crippen molar-refractivity contribution in [3.05, 3.63) is 47.6 Å². The number of amides is 2. The maximum atomic E-state index is 14.8. The molecule has 4 heterocycles. The van der Waals surface area contributed by atoms with Crippen molar-refractivity contribution in [1.82, 2.24) is 18.8 Å². The van der Waals surface area contributed by atoms with Gasteiger partial charge in [-0.1, -0.05) is 71.1 Å². The molecule has 3 saturated heterocycles. The molecule has 0 spiro atoms. The number of methoxy groups -OCH3 is 3. The van der Waals surface area contributed by atoms with Gasteiger partial charge in [-0.3, -0.25) is 14.4 Å². The topological polar surface area (TPSA) is 237 Å². The Hall–Kier alpha value is -3.86. The van der Waals surface area contributed by atoms with Gasteiger partial charge in [0.25, 0.3) is 0 Å². The summed E-state index contributed by atoms with van der Waals surface area (Å²) in [6.07, 6.45) is 10.0. The second-order valence-corrected chi connectivity index (χ2v) is 24.9. The number of ether oxygens (including phenoxy) is 6. The highest BCUT2D eigenvalue weighted by Crippen LogP contribution is 2.41. The first-order valence-corrected chi connectivity index (χ1v) is 29.9. The second-order valence-electron chi connectivity index (χ2n) is 23.3. The Morgan fingerprint density at radius 1 is 0.846 bits per heavy atom. The molecule has 19 nitrogen and oxygen atoms in total. The summed E-state index contributed by atoms with van der Waals surface area (Å²) in [5.41, 5.74) is 1.31. The quantitative estimate of drug-likeness (QED) is 0.166. The molecule has 5 aliphatic rings. The number of allylic oxidation sites excluding steroid dienone is 6. The standard InChI is InChI=1S/C58H94N4O15S/c1-36-18-14-13-15-19-37(2)49(72-10)34-45-23-21-42(7)58(69,77-45)43(8)55(66)62-25-17-16-20-46(62)56(67)75-50(35-47(63)38(3)31-41(6)53(65)54(74-12)52(64)40(5)30-36)39(4)32-44-22-24-48(51(33-44)73-11)76-57(68)59-78(70,71)61-28-26-60(9)27-29-61/h13-15,18-19,31,36,38-40,42-46,48-51,53-54,65,69H,16-17,20-30,32-35H2,1-12H3,(H,59,68)/b15-13+,18-14+,37-19+,41-31+/t36-,38-,39-,40-,42-,43?,44+,45+,46+,48-,49+,50+,51-,53-,54+,58-/m1/s1. The summed E-state index contributed by atoms with van der Waals surface area (Å²) in [5.74, 6) is -6.63. The zero-order chi connectivity index (χ0) is 57.6. The van der Waals surface area contributed by atoms with Crippen LogP contribution < -0.4 is 4.72 Å². The van der Waals surface area contributed by atoms with Gasteiger partial charge >= 0.3 is 22.3 Å². The summed E-state index contributed by atoms with van der Waals surface area (Å²) in [6.45, 7) is 16.3. The number of nitrogens with one attached hydrogen (secondary N) is 1. The van der Waals surface area contributed by atoms with E-state index in [1.165, 1.54) is 23.4 Å². The summed E-state index contributed by atoms with van der Waals surface area (Å²) < 4.78 is 65.3. The monoisotopic (exact) mass is 1120 g/mol. The van der Waals surface area contributed by atoms with Crippen molar-refractivity contribution in [1.29, 1.82) is 0 Å². The van der Waals surface area contributed by atoms with Crippen LogP contribution in [0.4, 0.5) is 4.79 Å². The SMILES string of the molecule is CO[C@H]1C[C@@H]2CC[C@@H](C)[C@@](O)(O2)C(C)C(=O)N2CCCC[C@H]2C(=O)O[C@H]([C@H](C)C[C@@H]2CC[C@@H](OC(=O)NS(=O)(=O)N3CCN(C)CC3)[C@H](OC)C2)CC(=O)[C@H](C)/C=C(\C)[C@@H](O)[C@@H](OC)C(=O)[C@H](C)C[C@H](C)/C=C/C=C/C=C/1C. The molecule has 78 heavy (non-hydrogen) atoms. The van der Waals surface area contributed by atoms with Crippen molar-refractivity contribution >= 4 is 39.7 Å². The van der Waals surface area contributed by atoms with E-state index in [0.29, 0.717) is 89.3 Å². The molecule has 4 fully saturated rings. The normalized spacial score (nSPS) is 38.4. The van der Waals surface area contributed by atoms with Crippen molar-refractivity contribution in [3.8, 4) is 0 Å². The Balaban J connectivity index is 1.41. The Kier molecular flexibility index (Phi) is 24.8. The number of cyclic esters (lactones) is 1. The number of hydrogen-bond acceptors (Lipinski definition) is 16. The van der Waals surface area contributed by atoms with E-state index in [4.69, 9.17) is 28.4 Å². The molecule has 16 atom stereocenters. The number of Topliss-reactive ketones (excluding diaryl/α,β-unsaturated/α-hetero) is 2. The minimum atomic E-state index is -4.12. The lowest BCUT2D eigenvalue weighted by molar-refractivity contribution is -0.303. The molecule has 1 aliphatic carbocycles. The van der Waals surface area contributed by atoms with E-state index >= 15 is 0 Å². The number of piperazine rings is 1. The van der Waals surface area contributed by atoms with Crippen LogP contribution in [0.3, 0.4) is 0 Å². The Labute approximate surface area is 465 Å². The molecular formula is C58H94N4O15S. The molecule has 0 aromatic rings. The van der Waals surface area contributed by atoms with Gasteiger partial charge in [0.05, 0.1) is 24.2 Å². The molecule has 0 aromatic carbocycles. The third kappa shape index (κ3) is 17.3. The number of esters is 1. The van der Waals surface area contributed by atoms with Gasteiger partial charge < -0.3 is 48.4 Å². The van der Waals surface area contributed by atoms with Gasteiger partial charge in [0.2, 0.25) is 5.91 Å². The fourth-order valence-electron chi connectivity index (χ4n) is 12.0. The van der Waals surface area contributed by atoms with Crippen LogP contribution in [0.2, 0.25) is 0 Å². The van der Waals surface area contributed by atoms with E-state index in [-0.39, 0.29) is 55.6 Å². The molecular weight excluding hydrogens is 1020 g/mol. The van der Waals surface area contributed by atoms with Crippen molar-refractivity contribution in [2.75, 3.05) is 61.1 Å². The number of aliphatic hydroxyl groups is 2. The fourth-order valence-corrected chi connectivity index (χ4v) is 13.1. The van der Waals surface area contributed by atoms with Crippen LogP contribution >= 0.6 is 0 Å². The van der Waals surface area contributed by atoms with Gasteiger partial charge in [-0.2, -0.15) is 12.7 Å². The Morgan fingerprint density at radius 2 is 1.55 bits per heavy atom. The average molecular weight is 1120 g/mol. The lowest BCUT2D eigenvalue weighted by Gasteiger charge is -2.47. The molecule has 1 unspecified atom stereocenters. The van der Waals surface area contributed by atoms with Gasteiger partial charge in [-0.25, -0.2) is 14.3 Å². The molecule has 2 amide bonds. The highest BCUT2D eigenvalue weighted by Gasteiger charge is 2.51. The Morgan fingerprint density at radius 3 is 2.22 bits per heavy atom. The molecule has 3 N–H and O–H groups in total. The number of ketones is 2. The number of likely N-dealkylation sites (N-methyl/N-ethyl adjacent to an activating group) is 1. The number of nitrogens with zero attached hydrogens (tertiary/aromatic N) is 3. The van der Waals surface area contributed by atoms with Crippen LogP contribution in [0.1, 0.15) is 132 Å². The van der Waals surface area contributed by atoms with E-state index in [0.717, 1.165) is 5.57 Å². The second kappa shape index (κ2) is 29.7. The number of carbonyl (C=O) groups is 5. The van der Waals surface area contributed by atoms with Gasteiger partial charge in [0.1, 0.15) is 36.2 Å². The Bertz CT molecular complexity index is 2270. The largest absolute Gasteiger partial charge is 0.460 e. The van der Waals surface area contributed by atoms with Gasteiger partial charge in [-0.05, 0) is 121 Å². The number of hydrogen-bond donors (Lipinski definition) is 3. The summed E-state index contributed by atoms with van der Waals surface area (Å²) in [5, 5.41) is 24.0. The van der Waals surface area contributed by atoms with Gasteiger partial charge in [-0.15, -0.1) is 0 Å². The predicted molar refractivity (Wildman–Crippen MR) is 295 cm³/mol. The third-order valence-corrected chi connectivity index (χ3v) is 18.7. The van der Waals surface area contributed by atoms with Crippen molar-refractivity contribution in [3.63, 3.8) is 0 Å². The number of rotatable bonds is 9. The number of fused-ring (bicyclic) bond motifs is 3. The summed E-state index contributed by atoms with van der Waals surface area (Å²) in [6, 6.07) is -0.998. The van der Waals surface area contributed by atoms with Crippen molar-refractivity contribution in [2.45, 2.75) is 187 Å². The molecule has 5 rings (SSSR count). The molecule has 1 saturated carbocycles. The van der Waals surface area contributed by atoms with Crippen LogP contribution in [0.5, 0.6) is 0 Å². The first-order valence-electron chi connectivity index (χ1n) is 28.4. The highest BCUT2D eigenvalue weighted by molar-refractivity contribution is 7.87. The smallest absolute Gasteiger partial charge is 0.422 e. The maximum Gasteiger partial charge on any atom is 0.422 e. The average Bonchev–Trinajstić information content (AvgIpc) is 3.43. The number of aliphatic hydroxyl groups excluding tert-OH is 1. The van der Waals surface area contributed by atoms with E-state index in [2.05, 4.69) is 4.72 Å². The zero-order valence-corrected chi connectivity index (χ0v) is 49.4. The van der Waals surface area contributed by atoms with E-state index < -0.39 is 106 Å². The first kappa shape index (κ1) is 65.0. The lowest BCUT2D eigenvalue weighted by Crippen LogP contribution is -2.59. The van der Waals surface area contributed by atoms with Crippen LogP contribution in [0.15, 0.2) is 47.6 Å². The zero-order valence-electron chi connectivity index (χ0n) is 48.6. The minimum absolute atomic E-state index is 0.0126. The van der Waals surface area contributed by atoms with E-state index in [9.17, 15) is 42.6 Å². The molecule has 4 aliphatic heterocycles. The molecule has 442 valence electrons. The van der Waals surface area contributed by atoms with Crippen LogP contribution in [-0.4, -0.2) is 178 Å². The molecule has 2 bridgehead atoms. The van der Waals surface area contributed by atoms with Gasteiger partial charge in [0.15, 0.2) is 11.6 Å². The van der Waals surface area contributed by atoms with E-state index in [1.807, 2.05) is 76.9 Å². The molecule has 20 heteroatoms. The summed E-state index contributed by atoms with van der Waals surface area (Å²) >= 11 is 0. The van der Waals surface area contributed by atoms with E-state index in [1.54, 1.807) is 34.0 Å². The number of carbonyl (C=O) groups excluding carboxylic acids is 5. The van der Waals surface area contributed by atoms with Gasteiger partial charge in [0, 0.05) is 84.6 Å². The predicted octanol–water partition coefficient (Wildman–Crippen LogP) is 6.47. The molecule has 0 aromatic heterocycles. The first-order chi connectivity index (χ1) is 36.8. The van der Waals surface area contributed by atoms with Crippen LogP contribution in [0.25, 0.3) is 0 Å².